The number of nitrogens with two attached hydrogens (primary N) is 3. The highest BCUT2D eigenvalue weighted by molar-refractivity contribution is 6.14. The molecule has 1 aromatic heterocycles. The summed E-state index contributed by atoms with van der Waals surface area (Å²) in [5, 5.41) is 6.16. The molecule has 0 fully saturated rings. The second-order valence-electron chi connectivity index (χ2n) is 4.87. The number of aromatic nitrogens is 2. The summed E-state index contributed by atoms with van der Waals surface area (Å²) in [6.07, 6.45) is 1.30. The first-order valence-electron chi connectivity index (χ1n) is 6.97. The molecule has 1 heterocycles. The highest BCUT2D eigenvalue weighted by Gasteiger charge is 2.19. The largest absolute Gasteiger partial charge is 0.457 e. The number of benzene rings is 2. The first kappa shape index (κ1) is 14.5. The van der Waals surface area contributed by atoms with E-state index in [-0.39, 0.29) is 11.6 Å². The van der Waals surface area contributed by atoms with Gasteiger partial charge in [-0.1, -0.05) is 18.2 Å². The molecule has 0 aliphatic carbocycles. The van der Waals surface area contributed by atoms with Gasteiger partial charge in [0.2, 0.25) is 5.71 Å². The zero-order valence-corrected chi connectivity index (χ0v) is 12.3. The molecule has 0 spiro atoms. The van der Waals surface area contributed by atoms with E-state index in [2.05, 4.69) is 9.97 Å². The maximum absolute atomic E-state index is 6.16. The highest BCUT2D eigenvalue weighted by Crippen LogP contribution is 2.23. The zero-order chi connectivity index (χ0) is 16.2. The number of nitrogens with zero attached hydrogens (tertiary/aromatic N) is 2. The lowest BCUT2D eigenvalue weighted by Crippen LogP contribution is -2.42. The Labute approximate surface area is 133 Å². The maximum Gasteiger partial charge on any atom is 0.218 e. The number of para-hydroxylation sites is 1. The van der Waals surface area contributed by atoms with E-state index in [1.54, 1.807) is 0 Å². The lowest BCUT2D eigenvalue weighted by molar-refractivity contribution is -0.111. The van der Waals surface area contributed by atoms with Crippen LogP contribution in [0.5, 0.6) is 11.5 Å². The van der Waals surface area contributed by atoms with Gasteiger partial charge < -0.3 is 16.2 Å². The summed E-state index contributed by atoms with van der Waals surface area (Å²) in [6.45, 7) is 0. The summed E-state index contributed by atoms with van der Waals surface area (Å²) in [6, 6.07) is 16.8. The minimum atomic E-state index is 0.250. The van der Waals surface area contributed by atoms with Gasteiger partial charge in [-0.05, 0) is 36.4 Å². The maximum atomic E-state index is 6.16. The molecule has 114 valence electrons. The van der Waals surface area contributed by atoms with Gasteiger partial charge in [-0.25, -0.2) is 9.97 Å². The average molecular weight is 306 g/mol. The van der Waals surface area contributed by atoms with Gasteiger partial charge in [0, 0.05) is 5.56 Å². The molecule has 2 aromatic carbocycles. The monoisotopic (exact) mass is 306 g/mol. The molecule has 6 heteroatoms. The fourth-order valence-corrected chi connectivity index (χ4v) is 2.16. The summed E-state index contributed by atoms with van der Waals surface area (Å²) in [5.41, 5.74) is 13.3. The summed E-state index contributed by atoms with van der Waals surface area (Å²) in [5.74, 6) is 1.97. The Balaban J connectivity index is 1.83. The van der Waals surface area contributed by atoms with Crippen LogP contribution in [0.15, 0.2) is 60.9 Å². The Bertz CT molecular complexity index is 811. The van der Waals surface area contributed by atoms with Crippen molar-refractivity contribution in [3.63, 3.8) is 0 Å². The molecular formula is C17H16N5O+. The average Bonchev–Trinajstić information content (AvgIpc) is 2.56. The summed E-state index contributed by atoms with van der Waals surface area (Å²) >= 11 is 0. The third kappa shape index (κ3) is 3.11. The number of anilines is 2. The minimum Gasteiger partial charge on any atom is -0.457 e. The Morgan fingerprint density at radius 1 is 0.826 bits per heavy atom. The van der Waals surface area contributed by atoms with Crippen molar-refractivity contribution in [2.75, 3.05) is 11.5 Å². The first-order valence-corrected chi connectivity index (χ1v) is 6.97. The van der Waals surface area contributed by atoms with Crippen LogP contribution in [0.25, 0.3) is 0 Å². The van der Waals surface area contributed by atoms with E-state index in [0.29, 0.717) is 17.0 Å². The van der Waals surface area contributed by atoms with Crippen LogP contribution >= 0.6 is 0 Å². The van der Waals surface area contributed by atoms with Gasteiger partial charge in [0.15, 0.2) is 0 Å². The van der Waals surface area contributed by atoms with E-state index >= 15 is 0 Å². The van der Waals surface area contributed by atoms with Gasteiger partial charge in [0.1, 0.15) is 35.0 Å². The van der Waals surface area contributed by atoms with Gasteiger partial charge in [-0.15, -0.1) is 0 Å². The molecule has 0 saturated carbocycles. The van der Waals surface area contributed by atoms with Crippen molar-refractivity contribution < 1.29 is 10.1 Å². The number of rotatable bonds is 4. The predicted molar refractivity (Wildman–Crippen MR) is 89.0 cm³/mol. The number of ether oxygens (including phenoxy) is 1. The fourth-order valence-electron chi connectivity index (χ4n) is 2.16. The van der Waals surface area contributed by atoms with Crippen molar-refractivity contribution in [2.24, 2.45) is 0 Å². The Morgan fingerprint density at radius 3 is 2.00 bits per heavy atom. The van der Waals surface area contributed by atoms with E-state index in [0.717, 1.165) is 11.3 Å². The predicted octanol–water partition coefficient (Wildman–Crippen LogP) is 1.03. The van der Waals surface area contributed by atoms with E-state index in [1.807, 2.05) is 54.6 Å². The van der Waals surface area contributed by atoms with E-state index in [1.165, 1.54) is 6.33 Å². The summed E-state index contributed by atoms with van der Waals surface area (Å²) in [7, 11) is 0. The van der Waals surface area contributed by atoms with Gasteiger partial charge in [0.05, 0.1) is 0 Å². The molecule has 0 aliphatic heterocycles. The summed E-state index contributed by atoms with van der Waals surface area (Å²) in [4.78, 5) is 7.84. The second kappa shape index (κ2) is 6.15. The fraction of sp³-hybridized carbons (Fsp3) is 0. The molecule has 3 aromatic rings. The Morgan fingerprint density at radius 2 is 1.39 bits per heavy atom. The van der Waals surface area contributed by atoms with E-state index in [9.17, 15) is 0 Å². The molecule has 23 heavy (non-hydrogen) atoms. The molecule has 3 rings (SSSR count). The van der Waals surface area contributed by atoms with Gasteiger partial charge in [-0.2, -0.15) is 0 Å². The van der Waals surface area contributed by atoms with Crippen molar-refractivity contribution in [3.8, 4) is 11.5 Å². The topological polar surface area (TPSA) is 113 Å². The van der Waals surface area contributed by atoms with Gasteiger partial charge in [-0.3, -0.25) is 5.41 Å². The molecule has 0 unspecified atom stereocenters. The molecule has 0 atom stereocenters. The van der Waals surface area contributed by atoms with Gasteiger partial charge in [0.25, 0.3) is 0 Å². The van der Waals surface area contributed by atoms with Crippen molar-refractivity contribution >= 4 is 17.3 Å². The van der Waals surface area contributed by atoms with Crippen LogP contribution in [0.4, 0.5) is 11.6 Å². The SMILES string of the molecule is Nc1ncnc(N)c1C(=[NH2+])c1ccc(Oc2ccccc2)cc1. The molecule has 0 saturated heterocycles. The van der Waals surface area contributed by atoms with Crippen molar-refractivity contribution in [1.29, 1.82) is 0 Å². The standard InChI is InChI=1S/C17H15N5O/c18-15(14-16(19)21-10-22-17(14)20)11-6-8-13(9-7-11)23-12-4-2-1-3-5-12/h1-10,18H,(H4,19,20,21,22)/p+1. The number of nitrogen functional groups attached to an aromatic ring is 2. The van der Waals surface area contributed by atoms with Crippen molar-refractivity contribution in [1.82, 2.24) is 9.97 Å². The zero-order valence-electron chi connectivity index (χ0n) is 12.3. The van der Waals surface area contributed by atoms with E-state index < -0.39 is 0 Å². The van der Waals surface area contributed by atoms with Crippen LogP contribution < -0.4 is 21.6 Å². The van der Waals surface area contributed by atoms with E-state index in [4.69, 9.17) is 21.6 Å². The lowest BCUT2D eigenvalue weighted by atomic mass is 10.0. The molecule has 0 amide bonds. The third-order valence-corrected chi connectivity index (χ3v) is 3.32. The number of hydrogen-bond acceptors (Lipinski definition) is 5. The normalized spacial score (nSPS) is 10.3. The minimum absolute atomic E-state index is 0.250. The number of hydrogen-bond donors (Lipinski definition) is 3. The van der Waals surface area contributed by atoms with Crippen molar-refractivity contribution in [3.05, 3.63) is 72.1 Å². The Kier molecular flexibility index (Phi) is 3.88. The highest BCUT2D eigenvalue weighted by atomic mass is 16.5. The van der Waals surface area contributed by atoms with Crippen molar-refractivity contribution in [2.45, 2.75) is 0 Å². The summed E-state index contributed by atoms with van der Waals surface area (Å²) < 4.78 is 5.74. The van der Waals surface area contributed by atoms with Crippen LogP contribution in [0, 0.1) is 0 Å². The Hall–Kier alpha value is -3.41. The molecular weight excluding hydrogens is 290 g/mol. The van der Waals surface area contributed by atoms with Crippen LogP contribution in [0.1, 0.15) is 11.1 Å². The molecule has 0 radical (unpaired) electrons. The molecule has 0 bridgehead atoms. The molecule has 6 nitrogen and oxygen atoms in total. The van der Waals surface area contributed by atoms with Crippen LogP contribution in [-0.4, -0.2) is 15.7 Å². The first-order chi connectivity index (χ1) is 11.1. The smallest absolute Gasteiger partial charge is 0.218 e. The van der Waals surface area contributed by atoms with Crippen LogP contribution in [0.2, 0.25) is 0 Å². The lowest BCUT2D eigenvalue weighted by Gasteiger charge is -2.07. The molecule has 6 N–H and O–H groups in total. The quantitative estimate of drug-likeness (QED) is 0.623. The molecule has 0 aliphatic rings. The second-order valence-corrected chi connectivity index (χ2v) is 4.87. The third-order valence-electron chi connectivity index (χ3n) is 3.32. The van der Waals surface area contributed by atoms with Gasteiger partial charge >= 0.3 is 0 Å². The van der Waals surface area contributed by atoms with Crippen LogP contribution in [-0.2, 0) is 0 Å². The van der Waals surface area contributed by atoms with Crippen LogP contribution in [0.3, 0.4) is 0 Å².